The fourth-order valence-electron chi connectivity index (χ4n) is 2.92. The Morgan fingerprint density at radius 1 is 1.28 bits per heavy atom. The molecule has 1 fully saturated rings. The Labute approximate surface area is 145 Å². The minimum absolute atomic E-state index is 0.380. The molecule has 4 heterocycles. The van der Waals surface area contributed by atoms with Gasteiger partial charge in [0, 0.05) is 24.0 Å². The Morgan fingerprint density at radius 3 is 2.88 bits per heavy atom. The summed E-state index contributed by atoms with van der Waals surface area (Å²) >= 11 is 0. The number of hydrogen-bond acceptors (Lipinski definition) is 7. The van der Waals surface area contributed by atoms with Crippen LogP contribution >= 0.6 is 0 Å². The van der Waals surface area contributed by atoms with Crippen molar-refractivity contribution in [2.75, 3.05) is 23.7 Å². The summed E-state index contributed by atoms with van der Waals surface area (Å²) in [5.41, 5.74) is 1.83. The molecule has 130 valence electrons. The van der Waals surface area contributed by atoms with Gasteiger partial charge in [-0.05, 0) is 45.0 Å². The molecule has 1 aliphatic heterocycles. The molecule has 0 aromatic carbocycles. The summed E-state index contributed by atoms with van der Waals surface area (Å²) in [5, 5.41) is 17.1. The highest BCUT2D eigenvalue weighted by Crippen LogP contribution is 2.29. The standard InChI is InChI=1S/C17H21N7O/c1-11-9-15(24-23-11)21-17-19-10-13(14-3-2-8-25-14)16(22-17)20-12-4-6-18-7-5-12/h2-3,8-10,12,18H,4-7H2,1H3,(H3,19,20,21,22,23,24). The molecule has 1 saturated heterocycles. The van der Waals surface area contributed by atoms with E-state index >= 15 is 0 Å². The second kappa shape index (κ2) is 6.94. The van der Waals surface area contributed by atoms with E-state index in [1.807, 2.05) is 25.1 Å². The monoisotopic (exact) mass is 339 g/mol. The third kappa shape index (κ3) is 3.63. The largest absolute Gasteiger partial charge is 0.464 e. The molecule has 4 N–H and O–H groups in total. The fourth-order valence-corrected chi connectivity index (χ4v) is 2.92. The van der Waals surface area contributed by atoms with Gasteiger partial charge in [0.15, 0.2) is 5.82 Å². The van der Waals surface area contributed by atoms with Crippen LogP contribution in [-0.2, 0) is 0 Å². The van der Waals surface area contributed by atoms with Crippen molar-refractivity contribution in [3.8, 4) is 11.3 Å². The molecule has 8 heteroatoms. The van der Waals surface area contributed by atoms with Crippen LogP contribution in [0, 0.1) is 6.92 Å². The Morgan fingerprint density at radius 2 is 2.16 bits per heavy atom. The molecule has 0 radical (unpaired) electrons. The molecular formula is C17H21N7O. The van der Waals surface area contributed by atoms with Crippen molar-refractivity contribution in [3.63, 3.8) is 0 Å². The molecule has 25 heavy (non-hydrogen) atoms. The van der Waals surface area contributed by atoms with Gasteiger partial charge in [-0.1, -0.05) is 0 Å². The number of furan rings is 1. The van der Waals surface area contributed by atoms with E-state index in [4.69, 9.17) is 4.42 Å². The number of nitrogens with zero attached hydrogens (tertiary/aromatic N) is 3. The van der Waals surface area contributed by atoms with Crippen molar-refractivity contribution in [2.45, 2.75) is 25.8 Å². The second-order valence-electron chi connectivity index (χ2n) is 6.16. The quantitative estimate of drug-likeness (QED) is 0.566. The van der Waals surface area contributed by atoms with Crippen LogP contribution in [0.25, 0.3) is 11.3 Å². The van der Waals surface area contributed by atoms with Gasteiger partial charge in [-0.3, -0.25) is 5.10 Å². The van der Waals surface area contributed by atoms with Crippen molar-refractivity contribution in [3.05, 3.63) is 36.4 Å². The highest BCUT2D eigenvalue weighted by Gasteiger charge is 2.18. The van der Waals surface area contributed by atoms with E-state index < -0.39 is 0 Å². The molecule has 0 atom stereocenters. The number of rotatable bonds is 5. The zero-order valence-corrected chi connectivity index (χ0v) is 14.0. The molecule has 3 aromatic rings. The molecule has 3 aromatic heterocycles. The first-order valence-corrected chi connectivity index (χ1v) is 8.45. The summed E-state index contributed by atoms with van der Waals surface area (Å²) in [6.45, 7) is 3.97. The van der Waals surface area contributed by atoms with Gasteiger partial charge in [-0.25, -0.2) is 4.98 Å². The topological polar surface area (TPSA) is 104 Å². The van der Waals surface area contributed by atoms with Gasteiger partial charge in [-0.2, -0.15) is 10.1 Å². The Bertz CT molecular complexity index is 821. The van der Waals surface area contributed by atoms with Crippen LogP contribution in [0.3, 0.4) is 0 Å². The number of aromatic amines is 1. The zero-order valence-electron chi connectivity index (χ0n) is 14.0. The van der Waals surface area contributed by atoms with E-state index in [2.05, 4.69) is 36.1 Å². The van der Waals surface area contributed by atoms with E-state index in [9.17, 15) is 0 Å². The van der Waals surface area contributed by atoms with Crippen molar-refractivity contribution in [1.29, 1.82) is 0 Å². The molecular weight excluding hydrogens is 318 g/mol. The number of nitrogens with one attached hydrogen (secondary N) is 4. The van der Waals surface area contributed by atoms with Gasteiger partial charge < -0.3 is 20.4 Å². The van der Waals surface area contributed by atoms with Crippen molar-refractivity contribution >= 4 is 17.6 Å². The third-order valence-electron chi connectivity index (χ3n) is 4.20. The Kier molecular flexibility index (Phi) is 4.34. The van der Waals surface area contributed by atoms with Gasteiger partial charge in [0.05, 0.1) is 11.8 Å². The molecule has 0 saturated carbocycles. The van der Waals surface area contributed by atoms with E-state index in [0.29, 0.717) is 17.8 Å². The fraction of sp³-hybridized carbons (Fsp3) is 0.353. The molecule has 1 aliphatic rings. The molecule has 8 nitrogen and oxygen atoms in total. The molecule has 0 aliphatic carbocycles. The lowest BCUT2D eigenvalue weighted by atomic mass is 10.1. The lowest BCUT2D eigenvalue weighted by Crippen LogP contribution is -2.35. The smallest absolute Gasteiger partial charge is 0.230 e. The first kappa shape index (κ1) is 15.6. The second-order valence-corrected chi connectivity index (χ2v) is 6.16. The van der Waals surface area contributed by atoms with E-state index in [-0.39, 0.29) is 0 Å². The van der Waals surface area contributed by atoms with Gasteiger partial charge >= 0.3 is 0 Å². The zero-order chi connectivity index (χ0) is 17.1. The number of aromatic nitrogens is 4. The maximum Gasteiger partial charge on any atom is 0.230 e. The van der Waals surface area contributed by atoms with Crippen LogP contribution in [-0.4, -0.2) is 39.3 Å². The summed E-state index contributed by atoms with van der Waals surface area (Å²) in [6.07, 6.45) is 5.55. The highest BCUT2D eigenvalue weighted by molar-refractivity contribution is 5.72. The first-order valence-electron chi connectivity index (χ1n) is 8.45. The van der Waals surface area contributed by atoms with E-state index in [1.165, 1.54) is 0 Å². The minimum Gasteiger partial charge on any atom is -0.464 e. The number of piperidine rings is 1. The van der Waals surface area contributed by atoms with Crippen LogP contribution < -0.4 is 16.0 Å². The normalized spacial score (nSPS) is 15.2. The van der Waals surface area contributed by atoms with Gasteiger partial charge in [0.25, 0.3) is 0 Å². The maximum atomic E-state index is 5.54. The summed E-state index contributed by atoms with van der Waals surface area (Å²) in [7, 11) is 0. The maximum absolute atomic E-state index is 5.54. The van der Waals surface area contributed by atoms with Gasteiger partial charge in [0.2, 0.25) is 5.95 Å². The average Bonchev–Trinajstić information content (AvgIpc) is 3.28. The predicted octanol–water partition coefficient (Wildman–Crippen LogP) is 2.68. The lowest BCUT2D eigenvalue weighted by molar-refractivity contribution is 0.478. The van der Waals surface area contributed by atoms with Crippen LogP contribution in [0.2, 0.25) is 0 Å². The third-order valence-corrected chi connectivity index (χ3v) is 4.20. The number of H-pyrrole nitrogens is 1. The Hall–Kier alpha value is -2.87. The van der Waals surface area contributed by atoms with Crippen LogP contribution in [0.15, 0.2) is 35.1 Å². The number of aryl methyl sites for hydroxylation is 1. The SMILES string of the molecule is Cc1cc(Nc2ncc(-c3ccco3)c(NC3CCNCC3)n2)n[nH]1. The van der Waals surface area contributed by atoms with Gasteiger partial charge in [0.1, 0.15) is 11.6 Å². The van der Waals surface area contributed by atoms with Crippen LogP contribution in [0.1, 0.15) is 18.5 Å². The predicted molar refractivity (Wildman–Crippen MR) is 95.9 cm³/mol. The molecule has 0 bridgehead atoms. The summed E-state index contributed by atoms with van der Waals surface area (Å²) in [4.78, 5) is 9.06. The molecule has 0 unspecified atom stereocenters. The minimum atomic E-state index is 0.380. The Balaban J connectivity index is 1.62. The van der Waals surface area contributed by atoms with E-state index in [1.54, 1.807) is 12.5 Å². The van der Waals surface area contributed by atoms with Crippen molar-refractivity contribution in [1.82, 2.24) is 25.5 Å². The van der Waals surface area contributed by atoms with Crippen molar-refractivity contribution < 1.29 is 4.42 Å². The van der Waals surface area contributed by atoms with E-state index in [0.717, 1.165) is 48.8 Å². The molecule has 0 amide bonds. The molecule has 4 rings (SSSR count). The summed E-state index contributed by atoms with van der Waals surface area (Å²) in [5.74, 6) is 2.71. The highest BCUT2D eigenvalue weighted by atomic mass is 16.3. The summed E-state index contributed by atoms with van der Waals surface area (Å²) in [6, 6.07) is 6.06. The first-order chi connectivity index (χ1) is 12.3. The van der Waals surface area contributed by atoms with Crippen molar-refractivity contribution in [2.24, 2.45) is 0 Å². The number of anilines is 3. The average molecular weight is 339 g/mol. The lowest BCUT2D eigenvalue weighted by Gasteiger charge is -2.25. The molecule has 0 spiro atoms. The van der Waals surface area contributed by atoms with Crippen LogP contribution in [0.4, 0.5) is 17.6 Å². The van der Waals surface area contributed by atoms with Gasteiger partial charge in [-0.15, -0.1) is 0 Å². The number of hydrogen-bond donors (Lipinski definition) is 4. The van der Waals surface area contributed by atoms with Crippen LogP contribution in [0.5, 0.6) is 0 Å². The summed E-state index contributed by atoms with van der Waals surface area (Å²) < 4.78 is 5.54.